The van der Waals surface area contributed by atoms with Crippen LogP contribution in [0, 0.1) is 0 Å². The van der Waals surface area contributed by atoms with Crippen molar-refractivity contribution in [3.8, 4) is 22.8 Å². The third-order valence-corrected chi connectivity index (χ3v) is 4.27. The fourth-order valence-corrected chi connectivity index (χ4v) is 3.05. The smallest absolute Gasteiger partial charge is 0.255 e. The first-order valence-electron chi connectivity index (χ1n) is 6.99. The molecule has 0 atom stereocenters. The number of carbonyl (C=O) groups is 1. The summed E-state index contributed by atoms with van der Waals surface area (Å²) in [5.74, 6) is 0.659. The Morgan fingerprint density at radius 2 is 2.04 bits per heavy atom. The molecule has 0 fully saturated rings. The second-order valence-electron chi connectivity index (χ2n) is 5.01. The van der Waals surface area contributed by atoms with Gasteiger partial charge in [0.05, 0.1) is 5.02 Å². The fourth-order valence-electron chi connectivity index (χ4n) is 2.32. The van der Waals surface area contributed by atoms with Crippen molar-refractivity contribution in [2.24, 2.45) is 0 Å². The molecular formula is C16H10ClN3O3S. The lowest BCUT2D eigenvalue weighted by Gasteiger charge is -2.07. The van der Waals surface area contributed by atoms with Gasteiger partial charge in [0, 0.05) is 22.2 Å². The quantitative estimate of drug-likeness (QED) is 0.769. The number of nitrogens with one attached hydrogen (secondary N) is 1. The summed E-state index contributed by atoms with van der Waals surface area (Å²) in [4.78, 5) is 12.4. The number of fused-ring (bicyclic) bond motifs is 1. The second kappa shape index (κ2) is 6.10. The molecule has 120 valence electrons. The van der Waals surface area contributed by atoms with Crippen LogP contribution in [0.25, 0.3) is 11.3 Å². The molecule has 1 aliphatic rings. The van der Waals surface area contributed by atoms with Gasteiger partial charge in [-0.05, 0) is 35.8 Å². The monoisotopic (exact) mass is 359 g/mol. The number of benzene rings is 2. The molecule has 1 N–H and O–H groups in total. The SMILES string of the molecule is O=C(Nc1ccc(-c2csnn2)cc1)c1cc(Cl)c2c(c1)OCO2. The van der Waals surface area contributed by atoms with E-state index in [1.807, 2.05) is 17.5 Å². The van der Waals surface area contributed by atoms with E-state index in [9.17, 15) is 4.79 Å². The Balaban J connectivity index is 1.53. The molecule has 0 bridgehead atoms. The van der Waals surface area contributed by atoms with Crippen LogP contribution < -0.4 is 14.8 Å². The minimum atomic E-state index is -0.279. The van der Waals surface area contributed by atoms with E-state index in [0.717, 1.165) is 11.3 Å². The highest BCUT2D eigenvalue weighted by Gasteiger charge is 2.20. The number of hydrogen-bond donors (Lipinski definition) is 1. The zero-order valence-electron chi connectivity index (χ0n) is 12.2. The van der Waals surface area contributed by atoms with E-state index in [1.165, 1.54) is 11.5 Å². The average molecular weight is 360 g/mol. The summed E-state index contributed by atoms with van der Waals surface area (Å²) in [6.45, 7) is 0.104. The Bertz CT molecular complexity index is 898. The Kier molecular flexibility index (Phi) is 3.79. The van der Waals surface area contributed by atoms with Crippen LogP contribution in [0.5, 0.6) is 11.5 Å². The third-order valence-electron chi connectivity index (χ3n) is 3.49. The van der Waals surface area contributed by atoms with Gasteiger partial charge in [0.25, 0.3) is 5.91 Å². The van der Waals surface area contributed by atoms with Gasteiger partial charge in [-0.2, -0.15) is 0 Å². The minimum absolute atomic E-state index is 0.104. The predicted octanol–water partition coefficient (Wildman–Crippen LogP) is 3.84. The number of nitrogens with zero attached hydrogens (tertiary/aromatic N) is 2. The maximum absolute atomic E-state index is 12.4. The molecule has 1 aliphatic heterocycles. The van der Waals surface area contributed by atoms with Gasteiger partial charge in [0.15, 0.2) is 11.5 Å². The van der Waals surface area contributed by atoms with Gasteiger partial charge in [0.1, 0.15) is 5.69 Å². The molecule has 2 aromatic carbocycles. The lowest BCUT2D eigenvalue weighted by molar-refractivity contribution is 0.102. The number of rotatable bonds is 3. The number of aromatic nitrogens is 2. The number of halogens is 1. The largest absolute Gasteiger partial charge is 0.454 e. The van der Waals surface area contributed by atoms with Gasteiger partial charge in [-0.3, -0.25) is 4.79 Å². The van der Waals surface area contributed by atoms with Crippen molar-refractivity contribution >= 4 is 34.7 Å². The highest BCUT2D eigenvalue weighted by Crippen LogP contribution is 2.39. The van der Waals surface area contributed by atoms with Gasteiger partial charge in [-0.25, -0.2) is 0 Å². The van der Waals surface area contributed by atoms with Crippen LogP contribution in [0.2, 0.25) is 5.02 Å². The molecular weight excluding hydrogens is 350 g/mol. The maximum atomic E-state index is 12.4. The molecule has 0 saturated carbocycles. The molecule has 0 unspecified atom stereocenters. The molecule has 1 aromatic heterocycles. The van der Waals surface area contributed by atoms with E-state index >= 15 is 0 Å². The third kappa shape index (κ3) is 2.79. The van der Waals surface area contributed by atoms with Gasteiger partial charge < -0.3 is 14.8 Å². The van der Waals surface area contributed by atoms with Crippen molar-refractivity contribution in [3.63, 3.8) is 0 Å². The van der Waals surface area contributed by atoms with E-state index < -0.39 is 0 Å². The maximum Gasteiger partial charge on any atom is 0.255 e. The Morgan fingerprint density at radius 1 is 1.21 bits per heavy atom. The van der Waals surface area contributed by atoms with E-state index in [0.29, 0.717) is 27.8 Å². The van der Waals surface area contributed by atoms with Crippen molar-refractivity contribution < 1.29 is 14.3 Å². The molecule has 0 spiro atoms. The standard InChI is InChI=1S/C16H10ClN3O3S/c17-12-5-10(6-14-15(12)23-8-22-14)16(21)18-11-3-1-9(2-4-11)13-7-24-20-19-13/h1-7H,8H2,(H,18,21). The van der Waals surface area contributed by atoms with Crippen LogP contribution >= 0.6 is 23.1 Å². The van der Waals surface area contributed by atoms with E-state index in [1.54, 1.807) is 24.3 Å². The highest BCUT2D eigenvalue weighted by atomic mass is 35.5. The van der Waals surface area contributed by atoms with Gasteiger partial charge in [-0.15, -0.1) is 5.10 Å². The van der Waals surface area contributed by atoms with E-state index in [4.69, 9.17) is 21.1 Å². The lowest BCUT2D eigenvalue weighted by Crippen LogP contribution is -2.11. The zero-order chi connectivity index (χ0) is 16.5. The fraction of sp³-hybridized carbons (Fsp3) is 0.0625. The summed E-state index contributed by atoms with van der Waals surface area (Å²) in [7, 11) is 0. The molecule has 2 heterocycles. The summed E-state index contributed by atoms with van der Waals surface area (Å²) in [5.41, 5.74) is 2.81. The number of anilines is 1. The van der Waals surface area contributed by atoms with Crippen molar-refractivity contribution in [3.05, 3.63) is 52.4 Å². The number of ether oxygens (including phenoxy) is 2. The first-order valence-corrected chi connectivity index (χ1v) is 8.20. The Morgan fingerprint density at radius 3 is 2.79 bits per heavy atom. The summed E-state index contributed by atoms with van der Waals surface area (Å²) in [6.07, 6.45) is 0. The molecule has 3 aromatic rings. The molecule has 6 nitrogen and oxygen atoms in total. The molecule has 4 rings (SSSR count). The Labute approximate surface area is 146 Å². The molecule has 0 saturated heterocycles. The van der Waals surface area contributed by atoms with Gasteiger partial charge >= 0.3 is 0 Å². The van der Waals surface area contributed by atoms with E-state index in [2.05, 4.69) is 14.9 Å². The van der Waals surface area contributed by atoms with Crippen LogP contribution in [0.1, 0.15) is 10.4 Å². The summed E-state index contributed by atoms with van der Waals surface area (Å²) >= 11 is 7.39. The molecule has 24 heavy (non-hydrogen) atoms. The van der Waals surface area contributed by atoms with Crippen molar-refractivity contribution in [1.29, 1.82) is 0 Å². The first kappa shape index (κ1) is 14.9. The number of amides is 1. The lowest BCUT2D eigenvalue weighted by atomic mass is 10.1. The first-order chi connectivity index (χ1) is 11.7. The van der Waals surface area contributed by atoms with Crippen molar-refractivity contribution in [2.75, 3.05) is 12.1 Å². The zero-order valence-corrected chi connectivity index (χ0v) is 13.7. The molecule has 0 radical (unpaired) electrons. The summed E-state index contributed by atoms with van der Waals surface area (Å²) in [6, 6.07) is 10.5. The van der Waals surface area contributed by atoms with Crippen LogP contribution in [0.4, 0.5) is 5.69 Å². The average Bonchev–Trinajstić information content (AvgIpc) is 3.27. The molecule has 8 heteroatoms. The molecule has 1 amide bonds. The highest BCUT2D eigenvalue weighted by molar-refractivity contribution is 7.03. The predicted molar refractivity (Wildman–Crippen MR) is 90.9 cm³/mol. The van der Waals surface area contributed by atoms with Crippen LogP contribution in [-0.4, -0.2) is 22.3 Å². The topological polar surface area (TPSA) is 73.3 Å². The van der Waals surface area contributed by atoms with Gasteiger partial charge in [0.2, 0.25) is 6.79 Å². The normalized spacial score (nSPS) is 12.2. The second-order valence-corrected chi connectivity index (χ2v) is 6.03. The van der Waals surface area contributed by atoms with Crippen LogP contribution in [0.3, 0.4) is 0 Å². The van der Waals surface area contributed by atoms with Gasteiger partial charge in [-0.1, -0.05) is 28.2 Å². The Hall–Kier alpha value is -2.64. The number of carbonyl (C=O) groups excluding carboxylic acids is 1. The summed E-state index contributed by atoms with van der Waals surface area (Å²) in [5, 5.41) is 9.04. The van der Waals surface area contributed by atoms with Crippen LogP contribution in [0.15, 0.2) is 41.8 Å². The van der Waals surface area contributed by atoms with Crippen molar-refractivity contribution in [1.82, 2.24) is 9.59 Å². The molecule has 0 aliphatic carbocycles. The van der Waals surface area contributed by atoms with E-state index in [-0.39, 0.29) is 12.7 Å². The van der Waals surface area contributed by atoms with Crippen molar-refractivity contribution in [2.45, 2.75) is 0 Å². The summed E-state index contributed by atoms with van der Waals surface area (Å²) < 4.78 is 14.3. The minimum Gasteiger partial charge on any atom is -0.454 e. The number of hydrogen-bond acceptors (Lipinski definition) is 6. The van der Waals surface area contributed by atoms with Crippen LogP contribution in [-0.2, 0) is 0 Å².